The van der Waals surface area contributed by atoms with Crippen LogP contribution in [0.1, 0.15) is 11.1 Å². The summed E-state index contributed by atoms with van der Waals surface area (Å²) in [5.41, 5.74) is 3.23. The number of para-hydroxylation sites is 1. The van der Waals surface area contributed by atoms with Crippen molar-refractivity contribution >= 4 is 5.82 Å². The number of aromatic nitrogens is 1. The first kappa shape index (κ1) is 17.3. The molecule has 1 N–H and O–H groups in total. The third kappa shape index (κ3) is 3.76. The Morgan fingerprint density at radius 3 is 2.42 bits per heavy atom. The van der Waals surface area contributed by atoms with E-state index in [1.54, 1.807) is 20.3 Å². The van der Waals surface area contributed by atoms with Crippen LogP contribution in [-0.2, 0) is 6.54 Å². The van der Waals surface area contributed by atoms with Crippen LogP contribution in [0.4, 0.5) is 5.82 Å². The molecule has 0 aliphatic heterocycles. The van der Waals surface area contributed by atoms with Gasteiger partial charge in [0.15, 0.2) is 0 Å². The fourth-order valence-electron chi connectivity index (χ4n) is 2.63. The Labute approximate surface area is 152 Å². The second kappa shape index (κ2) is 8.04. The highest BCUT2D eigenvalue weighted by atomic mass is 16.5. The predicted molar refractivity (Wildman–Crippen MR) is 101 cm³/mol. The van der Waals surface area contributed by atoms with Gasteiger partial charge in [0, 0.05) is 17.7 Å². The topological polar surface area (TPSA) is 67.2 Å². The zero-order valence-electron chi connectivity index (χ0n) is 14.7. The van der Waals surface area contributed by atoms with E-state index in [2.05, 4.69) is 16.4 Å². The minimum Gasteiger partial charge on any atom is -0.497 e. The van der Waals surface area contributed by atoms with Gasteiger partial charge in [-0.25, -0.2) is 4.98 Å². The van der Waals surface area contributed by atoms with Crippen LogP contribution in [0.25, 0.3) is 11.3 Å². The third-order valence-corrected chi connectivity index (χ3v) is 4.04. The van der Waals surface area contributed by atoms with Gasteiger partial charge in [-0.05, 0) is 42.5 Å². The fraction of sp³-hybridized carbons (Fsp3) is 0.143. The van der Waals surface area contributed by atoms with Gasteiger partial charge in [-0.15, -0.1) is 0 Å². The molecule has 1 heterocycles. The molecular weight excluding hydrogens is 326 g/mol. The van der Waals surface area contributed by atoms with Crippen LogP contribution < -0.4 is 14.8 Å². The molecule has 0 unspecified atom stereocenters. The second-order valence-electron chi connectivity index (χ2n) is 5.60. The summed E-state index contributed by atoms with van der Waals surface area (Å²) in [6.45, 7) is 0.512. The third-order valence-electron chi connectivity index (χ3n) is 4.04. The summed E-state index contributed by atoms with van der Waals surface area (Å²) in [6.07, 6.45) is 0. The van der Waals surface area contributed by atoms with E-state index in [1.165, 1.54) is 0 Å². The summed E-state index contributed by atoms with van der Waals surface area (Å²) < 4.78 is 10.6. The molecule has 26 heavy (non-hydrogen) atoms. The highest BCUT2D eigenvalue weighted by Gasteiger charge is 2.09. The summed E-state index contributed by atoms with van der Waals surface area (Å²) in [4.78, 5) is 4.62. The van der Waals surface area contributed by atoms with Gasteiger partial charge in [-0.1, -0.05) is 18.2 Å². The molecule has 0 saturated carbocycles. The van der Waals surface area contributed by atoms with Crippen molar-refractivity contribution in [2.45, 2.75) is 6.54 Å². The van der Waals surface area contributed by atoms with Crippen molar-refractivity contribution in [3.05, 3.63) is 71.8 Å². The maximum atomic E-state index is 9.37. The average molecular weight is 345 g/mol. The molecule has 0 atom stereocenters. The smallest absolute Gasteiger partial charge is 0.144 e. The first-order valence-electron chi connectivity index (χ1n) is 8.16. The van der Waals surface area contributed by atoms with Gasteiger partial charge in [0.2, 0.25) is 0 Å². The number of hydrogen-bond acceptors (Lipinski definition) is 5. The molecule has 5 nitrogen and oxygen atoms in total. The van der Waals surface area contributed by atoms with Crippen molar-refractivity contribution < 1.29 is 9.47 Å². The highest BCUT2D eigenvalue weighted by Crippen LogP contribution is 2.25. The van der Waals surface area contributed by atoms with Gasteiger partial charge < -0.3 is 14.8 Å². The van der Waals surface area contributed by atoms with Gasteiger partial charge in [0.1, 0.15) is 23.4 Å². The van der Waals surface area contributed by atoms with Gasteiger partial charge in [0.25, 0.3) is 0 Å². The van der Waals surface area contributed by atoms with Gasteiger partial charge in [-0.2, -0.15) is 5.26 Å². The minimum atomic E-state index is 0.497. The lowest BCUT2D eigenvalue weighted by molar-refractivity contribution is 0.410. The number of benzene rings is 2. The summed E-state index contributed by atoms with van der Waals surface area (Å²) in [7, 11) is 3.27. The Morgan fingerprint density at radius 2 is 1.73 bits per heavy atom. The van der Waals surface area contributed by atoms with Crippen molar-refractivity contribution in [2.24, 2.45) is 0 Å². The van der Waals surface area contributed by atoms with Crippen molar-refractivity contribution in [1.82, 2.24) is 4.98 Å². The zero-order chi connectivity index (χ0) is 18.4. The molecule has 0 fully saturated rings. The van der Waals surface area contributed by atoms with Crippen molar-refractivity contribution in [1.29, 1.82) is 5.26 Å². The van der Waals surface area contributed by atoms with Gasteiger partial charge in [-0.3, -0.25) is 0 Å². The summed E-state index contributed by atoms with van der Waals surface area (Å²) in [5, 5.41) is 12.6. The number of nitrogens with zero attached hydrogens (tertiary/aromatic N) is 2. The molecule has 0 radical (unpaired) electrons. The number of anilines is 1. The minimum absolute atomic E-state index is 0.497. The quantitative estimate of drug-likeness (QED) is 0.723. The molecular formula is C21H19N3O2. The molecule has 0 bridgehead atoms. The summed E-state index contributed by atoms with van der Waals surface area (Å²) in [5.74, 6) is 2.13. The Morgan fingerprint density at radius 1 is 0.962 bits per heavy atom. The standard InChI is InChI=1S/C21H19N3O2/c1-25-18-10-7-15(8-11-18)19-12-9-16(13-22)21(24-19)23-14-17-5-3-4-6-20(17)26-2/h3-12H,14H2,1-2H3,(H,23,24). The van der Waals surface area contributed by atoms with E-state index in [0.717, 1.165) is 28.3 Å². The SMILES string of the molecule is COc1ccc(-c2ccc(C#N)c(NCc3ccccc3OC)n2)cc1. The van der Waals surface area contributed by atoms with E-state index in [9.17, 15) is 5.26 Å². The molecule has 0 aliphatic rings. The zero-order valence-corrected chi connectivity index (χ0v) is 14.7. The number of ether oxygens (including phenoxy) is 2. The van der Waals surface area contributed by atoms with Crippen LogP contribution in [0.5, 0.6) is 11.5 Å². The highest BCUT2D eigenvalue weighted by molar-refractivity contribution is 5.65. The molecule has 5 heteroatoms. The van der Waals surface area contributed by atoms with Gasteiger partial charge in [0.05, 0.1) is 25.5 Å². The van der Waals surface area contributed by atoms with Crippen molar-refractivity contribution in [2.75, 3.05) is 19.5 Å². The molecule has 1 aromatic heterocycles. The number of methoxy groups -OCH3 is 2. The maximum absolute atomic E-state index is 9.37. The maximum Gasteiger partial charge on any atom is 0.144 e. The van der Waals surface area contributed by atoms with E-state index < -0.39 is 0 Å². The molecule has 130 valence electrons. The molecule has 0 aliphatic carbocycles. The van der Waals surface area contributed by atoms with E-state index in [0.29, 0.717) is 17.9 Å². The average Bonchev–Trinajstić information content (AvgIpc) is 2.72. The largest absolute Gasteiger partial charge is 0.497 e. The number of nitrogens with one attached hydrogen (secondary N) is 1. The Balaban J connectivity index is 1.87. The fourth-order valence-corrected chi connectivity index (χ4v) is 2.63. The normalized spacial score (nSPS) is 10.0. The van der Waals surface area contributed by atoms with Crippen LogP contribution in [0.2, 0.25) is 0 Å². The lowest BCUT2D eigenvalue weighted by Crippen LogP contribution is -2.05. The lowest BCUT2D eigenvalue weighted by atomic mass is 10.1. The first-order valence-corrected chi connectivity index (χ1v) is 8.16. The van der Waals surface area contributed by atoms with E-state index in [1.807, 2.05) is 54.6 Å². The van der Waals surface area contributed by atoms with E-state index in [-0.39, 0.29) is 0 Å². The monoisotopic (exact) mass is 345 g/mol. The number of nitriles is 1. The molecule has 3 rings (SSSR count). The van der Waals surface area contributed by atoms with Crippen molar-refractivity contribution in [3.8, 4) is 28.8 Å². The van der Waals surface area contributed by atoms with E-state index in [4.69, 9.17) is 9.47 Å². The molecule has 0 saturated heterocycles. The van der Waals surface area contributed by atoms with Crippen LogP contribution in [0, 0.1) is 11.3 Å². The van der Waals surface area contributed by atoms with Crippen LogP contribution in [0.3, 0.4) is 0 Å². The van der Waals surface area contributed by atoms with Crippen molar-refractivity contribution in [3.63, 3.8) is 0 Å². The lowest BCUT2D eigenvalue weighted by Gasteiger charge is -2.12. The van der Waals surface area contributed by atoms with Gasteiger partial charge >= 0.3 is 0 Å². The number of hydrogen-bond donors (Lipinski definition) is 1. The Bertz CT molecular complexity index is 931. The molecule has 2 aromatic carbocycles. The molecule has 0 spiro atoms. The Kier molecular flexibility index (Phi) is 5.35. The second-order valence-corrected chi connectivity index (χ2v) is 5.60. The summed E-state index contributed by atoms with van der Waals surface area (Å²) >= 11 is 0. The summed E-state index contributed by atoms with van der Waals surface area (Å²) in [6, 6.07) is 21.2. The van der Waals surface area contributed by atoms with Crippen LogP contribution in [-0.4, -0.2) is 19.2 Å². The van der Waals surface area contributed by atoms with Crippen LogP contribution in [0.15, 0.2) is 60.7 Å². The Hall–Kier alpha value is -3.52. The number of pyridine rings is 1. The predicted octanol–water partition coefficient (Wildman–Crippen LogP) is 4.25. The van der Waals surface area contributed by atoms with Crippen LogP contribution >= 0.6 is 0 Å². The number of rotatable bonds is 6. The first-order chi connectivity index (χ1) is 12.7. The molecule has 0 amide bonds. The van der Waals surface area contributed by atoms with E-state index >= 15 is 0 Å². The molecule has 3 aromatic rings.